The van der Waals surface area contributed by atoms with Gasteiger partial charge in [-0.15, -0.1) is 0 Å². The number of H-pyrrole nitrogens is 1. The number of fused-ring (bicyclic) bond motifs is 2. The van der Waals surface area contributed by atoms with Gasteiger partial charge in [-0.3, -0.25) is 9.89 Å². The van der Waals surface area contributed by atoms with Crippen LogP contribution in [0.25, 0.3) is 0 Å². The number of carbonyl (C=O) groups is 1. The molecule has 2 fully saturated rings. The summed E-state index contributed by atoms with van der Waals surface area (Å²) in [6, 6.07) is 0.398. The summed E-state index contributed by atoms with van der Waals surface area (Å²) in [4.78, 5) is 12.2. The predicted octanol–water partition coefficient (Wildman–Crippen LogP) is 1.94. The lowest BCUT2D eigenvalue weighted by Gasteiger charge is -2.22. The minimum Gasteiger partial charge on any atom is -0.349 e. The molecule has 17 heavy (non-hydrogen) atoms. The summed E-state index contributed by atoms with van der Waals surface area (Å²) in [5, 5.41) is 10.1. The number of nitrogens with one attached hydrogen (secondary N) is 2. The highest BCUT2D eigenvalue weighted by Crippen LogP contribution is 2.44. The van der Waals surface area contributed by atoms with E-state index < -0.39 is 0 Å². The first-order valence-electron chi connectivity index (χ1n) is 6.47. The number of nitrogens with zero attached hydrogens (tertiary/aromatic N) is 1. The molecule has 1 heterocycles. The first-order chi connectivity index (χ1) is 8.15. The molecule has 2 N–H and O–H groups in total. The Labute approximate surface area is 101 Å². The molecular formula is C13H19N3O. The molecule has 0 radical (unpaired) electrons. The van der Waals surface area contributed by atoms with Crippen LogP contribution in [0, 0.1) is 25.7 Å². The van der Waals surface area contributed by atoms with Gasteiger partial charge in [0.25, 0.3) is 5.91 Å². The molecular weight excluding hydrogens is 214 g/mol. The Bertz CT molecular complexity index is 432. The van der Waals surface area contributed by atoms with E-state index in [4.69, 9.17) is 0 Å². The third kappa shape index (κ3) is 1.75. The molecule has 92 valence electrons. The molecule has 4 heteroatoms. The second kappa shape index (κ2) is 3.86. The smallest absolute Gasteiger partial charge is 0.255 e. The first kappa shape index (κ1) is 10.8. The van der Waals surface area contributed by atoms with Crippen molar-refractivity contribution in [3.05, 3.63) is 17.0 Å². The Morgan fingerprint density at radius 2 is 2.18 bits per heavy atom. The van der Waals surface area contributed by atoms with Gasteiger partial charge in [-0.2, -0.15) is 5.10 Å². The van der Waals surface area contributed by atoms with Crippen molar-refractivity contribution in [3.63, 3.8) is 0 Å². The van der Waals surface area contributed by atoms with E-state index >= 15 is 0 Å². The summed E-state index contributed by atoms with van der Waals surface area (Å²) < 4.78 is 0. The van der Waals surface area contributed by atoms with Crippen LogP contribution in [0.3, 0.4) is 0 Å². The Hall–Kier alpha value is -1.32. The Balaban J connectivity index is 1.72. The SMILES string of the molecule is Cc1n[nH]c(C)c1C(=O)NC1CC2CCC1C2. The zero-order chi connectivity index (χ0) is 12.0. The van der Waals surface area contributed by atoms with E-state index in [1.54, 1.807) is 0 Å². The zero-order valence-electron chi connectivity index (χ0n) is 10.4. The van der Waals surface area contributed by atoms with Gasteiger partial charge in [0.05, 0.1) is 11.3 Å². The molecule has 0 aromatic carbocycles. The minimum absolute atomic E-state index is 0.0475. The van der Waals surface area contributed by atoms with E-state index in [1.165, 1.54) is 25.7 Å². The van der Waals surface area contributed by atoms with Gasteiger partial charge in [0.1, 0.15) is 0 Å². The van der Waals surface area contributed by atoms with Crippen LogP contribution >= 0.6 is 0 Å². The number of hydrogen-bond donors (Lipinski definition) is 2. The molecule has 0 spiro atoms. The number of aryl methyl sites for hydroxylation is 2. The van der Waals surface area contributed by atoms with Crippen LogP contribution < -0.4 is 5.32 Å². The maximum Gasteiger partial charge on any atom is 0.255 e. The molecule has 2 aliphatic carbocycles. The van der Waals surface area contributed by atoms with Crippen molar-refractivity contribution in [2.24, 2.45) is 11.8 Å². The van der Waals surface area contributed by atoms with Crippen molar-refractivity contribution < 1.29 is 4.79 Å². The molecule has 0 saturated heterocycles. The average molecular weight is 233 g/mol. The van der Waals surface area contributed by atoms with Crippen LogP contribution in [0.4, 0.5) is 0 Å². The molecule has 3 unspecified atom stereocenters. The lowest BCUT2D eigenvalue weighted by Crippen LogP contribution is -2.38. The van der Waals surface area contributed by atoms with E-state index in [1.807, 2.05) is 13.8 Å². The zero-order valence-corrected chi connectivity index (χ0v) is 10.4. The molecule has 0 aliphatic heterocycles. The normalized spacial score (nSPS) is 30.8. The molecule has 4 nitrogen and oxygen atoms in total. The van der Waals surface area contributed by atoms with E-state index in [0.29, 0.717) is 6.04 Å². The first-order valence-corrected chi connectivity index (χ1v) is 6.47. The summed E-state index contributed by atoms with van der Waals surface area (Å²) in [5.74, 6) is 1.62. The van der Waals surface area contributed by atoms with Gasteiger partial charge < -0.3 is 5.32 Å². The largest absolute Gasteiger partial charge is 0.349 e. The summed E-state index contributed by atoms with van der Waals surface area (Å²) in [6.45, 7) is 3.77. The summed E-state index contributed by atoms with van der Waals surface area (Å²) >= 11 is 0. The van der Waals surface area contributed by atoms with Gasteiger partial charge >= 0.3 is 0 Å². The van der Waals surface area contributed by atoms with Gasteiger partial charge in [0, 0.05) is 11.7 Å². The van der Waals surface area contributed by atoms with Gasteiger partial charge in [-0.25, -0.2) is 0 Å². The monoisotopic (exact) mass is 233 g/mol. The molecule has 2 bridgehead atoms. The maximum atomic E-state index is 12.2. The van der Waals surface area contributed by atoms with Gasteiger partial charge in [-0.1, -0.05) is 6.42 Å². The van der Waals surface area contributed by atoms with E-state index in [2.05, 4.69) is 15.5 Å². The maximum absolute atomic E-state index is 12.2. The van der Waals surface area contributed by atoms with Crippen LogP contribution in [-0.4, -0.2) is 22.1 Å². The quantitative estimate of drug-likeness (QED) is 0.820. The number of hydrogen-bond acceptors (Lipinski definition) is 2. The number of aromatic nitrogens is 2. The fourth-order valence-electron chi connectivity index (χ4n) is 3.55. The number of amides is 1. The molecule has 3 rings (SSSR count). The van der Waals surface area contributed by atoms with Crippen molar-refractivity contribution >= 4 is 5.91 Å². The summed E-state index contributed by atoms with van der Waals surface area (Å²) in [5.41, 5.74) is 2.39. The summed E-state index contributed by atoms with van der Waals surface area (Å²) in [7, 11) is 0. The highest BCUT2D eigenvalue weighted by molar-refractivity contribution is 5.96. The predicted molar refractivity (Wildman–Crippen MR) is 64.8 cm³/mol. The van der Waals surface area contributed by atoms with Crippen molar-refractivity contribution in [2.75, 3.05) is 0 Å². The Kier molecular flexibility index (Phi) is 2.45. The minimum atomic E-state index is 0.0475. The third-order valence-corrected chi connectivity index (χ3v) is 4.41. The number of aromatic amines is 1. The van der Waals surface area contributed by atoms with Crippen molar-refractivity contribution in [2.45, 2.75) is 45.6 Å². The lowest BCUT2D eigenvalue weighted by molar-refractivity contribution is 0.0922. The molecule has 3 atom stereocenters. The second-order valence-electron chi connectivity index (χ2n) is 5.56. The number of carbonyl (C=O) groups excluding carboxylic acids is 1. The fourth-order valence-corrected chi connectivity index (χ4v) is 3.55. The number of rotatable bonds is 2. The van der Waals surface area contributed by atoms with Crippen LogP contribution in [0.15, 0.2) is 0 Å². The van der Waals surface area contributed by atoms with Crippen molar-refractivity contribution in [3.8, 4) is 0 Å². The van der Waals surface area contributed by atoms with Crippen molar-refractivity contribution in [1.82, 2.24) is 15.5 Å². The lowest BCUT2D eigenvalue weighted by atomic mass is 9.95. The van der Waals surface area contributed by atoms with E-state index in [-0.39, 0.29) is 5.91 Å². The second-order valence-corrected chi connectivity index (χ2v) is 5.56. The van der Waals surface area contributed by atoms with Crippen molar-refractivity contribution in [1.29, 1.82) is 0 Å². The van der Waals surface area contributed by atoms with Crippen LogP contribution in [0.1, 0.15) is 47.4 Å². The standard InChI is InChI=1S/C13H19N3O/c1-7-12(8(2)16-15-7)13(17)14-11-6-9-3-4-10(11)5-9/h9-11H,3-6H2,1-2H3,(H,14,17)(H,15,16). The fraction of sp³-hybridized carbons (Fsp3) is 0.692. The molecule has 1 amide bonds. The Morgan fingerprint density at radius 1 is 1.35 bits per heavy atom. The van der Waals surface area contributed by atoms with Gasteiger partial charge in [0.15, 0.2) is 0 Å². The van der Waals surface area contributed by atoms with Gasteiger partial charge in [-0.05, 0) is 44.9 Å². The average Bonchev–Trinajstić information content (AvgIpc) is 2.94. The molecule has 2 saturated carbocycles. The van der Waals surface area contributed by atoms with Gasteiger partial charge in [0.2, 0.25) is 0 Å². The molecule has 1 aromatic rings. The summed E-state index contributed by atoms with van der Waals surface area (Å²) in [6.07, 6.45) is 5.14. The topological polar surface area (TPSA) is 57.8 Å². The van der Waals surface area contributed by atoms with Crippen LogP contribution in [0.2, 0.25) is 0 Å². The third-order valence-electron chi connectivity index (χ3n) is 4.41. The highest BCUT2D eigenvalue weighted by Gasteiger charge is 2.40. The Morgan fingerprint density at radius 3 is 2.71 bits per heavy atom. The van der Waals surface area contributed by atoms with E-state index in [9.17, 15) is 4.79 Å². The van der Waals surface area contributed by atoms with Crippen LogP contribution in [0.5, 0.6) is 0 Å². The highest BCUT2D eigenvalue weighted by atomic mass is 16.1. The van der Waals surface area contributed by atoms with E-state index in [0.717, 1.165) is 28.8 Å². The molecule has 2 aliphatic rings. The van der Waals surface area contributed by atoms with Crippen LogP contribution in [-0.2, 0) is 0 Å². The molecule has 1 aromatic heterocycles.